The fraction of sp³-hybridized carbons (Fsp3) is 1.00. The van der Waals surface area contributed by atoms with Gasteiger partial charge in [-0.2, -0.15) is 114 Å². The first-order chi connectivity index (χ1) is 18.2. The average Bonchev–Trinajstić information content (AvgIpc) is 2.75. The summed E-state index contributed by atoms with van der Waals surface area (Å²) < 4.78 is 336. The normalized spacial score (nSPS) is 16.6. The molecule has 0 atom stereocenters. The fourth-order valence-electron chi connectivity index (χ4n) is 2.53. The molecule has 0 bridgehead atoms. The second kappa shape index (κ2) is 10.9. The van der Waals surface area contributed by atoms with Crippen molar-refractivity contribution in [2.24, 2.45) is 0 Å². The molecule has 1 nitrogen and oxygen atoms in total. The summed E-state index contributed by atoms with van der Waals surface area (Å²) in [6, 6.07) is 0. The van der Waals surface area contributed by atoms with Crippen molar-refractivity contribution in [1.82, 2.24) is 5.32 Å². The van der Waals surface area contributed by atoms with Crippen molar-refractivity contribution in [2.75, 3.05) is 13.1 Å². The van der Waals surface area contributed by atoms with Crippen LogP contribution in [0.15, 0.2) is 0 Å². The van der Waals surface area contributed by atoms with E-state index in [1.54, 1.807) is 0 Å². The standard InChI is InChI=1S/C16H9F26N/c17-5(18,7(21,22)9(25,26)11(29,30)13(33,34)15(37,38)39)1-3-43-4-2-6(19,20)8(23,24)10(27,28)12(31,32)14(35,36)16(40,41)42/h43H,1-4H2. The van der Waals surface area contributed by atoms with Crippen molar-refractivity contribution < 1.29 is 114 Å². The molecular weight excluding hydrogens is 700 g/mol. The Balaban J connectivity index is 5.82. The van der Waals surface area contributed by atoms with E-state index in [0.29, 0.717) is 0 Å². The van der Waals surface area contributed by atoms with Gasteiger partial charge in [-0.1, -0.05) is 0 Å². The van der Waals surface area contributed by atoms with Gasteiger partial charge in [0.25, 0.3) is 0 Å². The first-order valence-corrected chi connectivity index (χ1v) is 9.83. The number of hydrogen-bond donors (Lipinski definition) is 1. The van der Waals surface area contributed by atoms with Crippen LogP contribution < -0.4 is 5.32 Å². The maximum atomic E-state index is 13.5. The predicted octanol–water partition coefficient (Wildman–Crippen LogP) is 8.83. The predicted molar refractivity (Wildman–Crippen MR) is 83.7 cm³/mol. The Morgan fingerprint density at radius 3 is 0.628 bits per heavy atom. The van der Waals surface area contributed by atoms with E-state index in [0.717, 1.165) is 5.32 Å². The number of hydrogen-bond acceptors (Lipinski definition) is 1. The molecule has 27 heteroatoms. The highest BCUT2D eigenvalue weighted by molar-refractivity contribution is 5.11. The van der Waals surface area contributed by atoms with Crippen molar-refractivity contribution in [3.8, 4) is 0 Å². The minimum Gasteiger partial charge on any atom is -0.316 e. The molecule has 0 fully saturated rings. The van der Waals surface area contributed by atoms with Crippen molar-refractivity contribution >= 4 is 0 Å². The molecule has 0 aromatic heterocycles. The maximum absolute atomic E-state index is 13.5. The van der Waals surface area contributed by atoms with Crippen LogP contribution >= 0.6 is 0 Å². The minimum absolute atomic E-state index is 0.783. The lowest BCUT2D eigenvalue weighted by Crippen LogP contribution is -2.70. The molecule has 0 radical (unpaired) electrons. The first-order valence-electron chi connectivity index (χ1n) is 9.83. The molecule has 0 spiro atoms. The smallest absolute Gasteiger partial charge is 0.316 e. The monoisotopic (exact) mass is 709 g/mol. The summed E-state index contributed by atoms with van der Waals surface area (Å²) in [7, 11) is 0. The largest absolute Gasteiger partial charge is 0.460 e. The Hall–Kier alpha value is -1.86. The number of nitrogens with one attached hydrogen (secondary N) is 1. The molecule has 0 amide bonds. The van der Waals surface area contributed by atoms with Crippen LogP contribution in [-0.4, -0.2) is 84.7 Å². The Labute approximate surface area is 218 Å². The van der Waals surface area contributed by atoms with Crippen molar-refractivity contribution in [3.05, 3.63) is 0 Å². The average molecular weight is 709 g/mol. The van der Waals surface area contributed by atoms with Gasteiger partial charge in [-0.25, -0.2) is 0 Å². The summed E-state index contributed by atoms with van der Waals surface area (Å²) in [4.78, 5) is 0. The molecule has 0 aliphatic carbocycles. The van der Waals surface area contributed by atoms with Crippen LogP contribution in [0.1, 0.15) is 12.8 Å². The maximum Gasteiger partial charge on any atom is 0.460 e. The molecule has 0 aliphatic rings. The lowest BCUT2D eigenvalue weighted by atomic mass is 9.92. The second-order valence-electron chi connectivity index (χ2n) is 8.25. The molecule has 0 aromatic rings. The Morgan fingerprint density at radius 1 is 0.256 bits per heavy atom. The van der Waals surface area contributed by atoms with Gasteiger partial charge < -0.3 is 5.32 Å². The molecular formula is C16H9F26N. The van der Waals surface area contributed by atoms with Crippen LogP contribution in [-0.2, 0) is 0 Å². The summed E-state index contributed by atoms with van der Waals surface area (Å²) in [6.45, 7) is -4.67. The van der Waals surface area contributed by atoms with Crippen molar-refractivity contribution in [1.29, 1.82) is 0 Å². The van der Waals surface area contributed by atoms with Crippen LogP contribution in [0, 0.1) is 0 Å². The second-order valence-corrected chi connectivity index (χ2v) is 8.25. The molecule has 0 heterocycles. The number of alkyl halides is 26. The third kappa shape index (κ3) is 6.06. The van der Waals surface area contributed by atoms with E-state index in [9.17, 15) is 114 Å². The Bertz CT molecular complexity index is 877. The van der Waals surface area contributed by atoms with Gasteiger partial charge in [-0.15, -0.1) is 0 Å². The summed E-state index contributed by atoms with van der Waals surface area (Å²) in [5.74, 6) is -78.7. The van der Waals surface area contributed by atoms with Gasteiger partial charge in [0.05, 0.1) is 0 Å². The molecule has 0 aliphatic heterocycles. The van der Waals surface area contributed by atoms with E-state index in [1.807, 2.05) is 0 Å². The Kier molecular flexibility index (Phi) is 10.4. The Morgan fingerprint density at radius 2 is 0.442 bits per heavy atom. The molecule has 43 heavy (non-hydrogen) atoms. The van der Waals surface area contributed by atoms with Gasteiger partial charge in [-0.05, 0) is 0 Å². The van der Waals surface area contributed by atoms with Gasteiger partial charge in [-0.3, -0.25) is 0 Å². The van der Waals surface area contributed by atoms with E-state index in [2.05, 4.69) is 0 Å². The number of rotatable bonds is 14. The number of halogens is 26. The topological polar surface area (TPSA) is 12.0 Å². The quantitative estimate of drug-likeness (QED) is 0.141. The molecule has 0 aromatic carbocycles. The van der Waals surface area contributed by atoms with Crippen LogP contribution in [0.3, 0.4) is 0 Å². The van der Waals surface area contributed by atoms with Crippen LogP contribution in [0.5, 0.6) is 0 Å². The van der Waals surface area contributed by atoms with Crippen LogP contribution in [0.2, 0.25) is 0 Å². The molecule has 1 N–H and O–H groups in total. The minimum atomic E-state index is -8.32. The lowest BCUT2D eigenvalue weighted by Gasteiger charge is -2.40. The van der Waals surface area contributed by atoms with E-state index in [1.165, 1.54) is 0 Å². The van der Waals surface area contributed by atoms with E-state index >= 15 is 0 Å². The van der Waals surface area contributed by atoms with Gasteiger partial charge in [0.1, 0.15) is 0 Å². The summed E-state index contributed by atoms with van der Waals surface area (Å²) in [5, 5.41) is 0.783. The van der Waals surface area contributed by atoms with Gasteiger partial charge in [0.2, 0.25) is 0 Å². The highest BCUT2D eigenvalue weighted by atomic mass is 19.4. The first kappa shape index (κ1) is 41.1. The van der Waals surface area contributed by atoms with Crippen molar-refractivity contribution in [3.63, 3.8) is 0 Å². The summed E-state index contributed by atoms with van der Waals surface area (Å²) >= 11 is 0. The lowest BCUT2D eigenvalue weighted by molar-refractivity contribution is -0.440. The zero-order valence-corrected chi connectivity index (χ0v) is 19.2. The van der Waals surface area contributed by atoms with E-state index in [-0.39, 0.29) is 0 Å². The van der Waals surface area contributed by atoms with Crippen LogP contribution in [0.25, 0.3) is 0 Å². The molecule has 0 unspecified atom stereocenters. The highest BCUT2D eigenvalue weighted by Crippen LogP contribution is 2.62. The SMILES string of the molecule is FC(F)(F)C(F)(F)C(F)(F)C(F)(F)C(F)(F)C(F)(F)CCNCCC(F)(F)C(F)(F)C(F)(F)C(F)(F)C(F)(F)C(F)(F)F. The van der Waals surface area contributed by atoms with Gasteiger partial charge >= 0.3 is 71.6 Å². The third-order valence-electron chi connectivity index (χ3n) is 5.23. The van der Waals surface area contributed by atoms with Gasteiger partial charge in [0.15, 0.2) is 0 Å². The molecule has 260 valence electrons. The van der Waals surface area contributed by atoms with E-state index in [4.69, 9.17) is 0 Å². The highest BCUT2D eigenvalue weighted by Gasteiger charge is 2.92. The van der Waals surface area contributed by atoms with E-state index < -0.39 is 97.5 Å². The van der Waals surface area contributed by atoms with Crippen LogP contribution in [0.4, 0.5) is 114 Å². The zero-order valence-electron chi connectivity index (χ0n) is 19.2. The fourth-order valence-corrected chi connectivity index (χ4v) is 2.53. The molecule has 0 saturated carbocycles. The van der Waals surface area contributed by atoms with Gasteiger partial charge in [0, 0.05) is 25.9 Å². The summed E-state index contributed by atoms with van der Waals surface area (Å²) in [5.41, 5.74) is 0. The molecule has 0 rings (SSSR count). The van der Waals surface area contributed by atoms with Crippen molar-refractivity contribution in [2.45, 2.75) is 84.4 Å². The zero-order chi connectivity index (χ0) is 35.5. The third-order valence-corrected chi connectivity index (χ3v) is 5.23. The molecule has 0 saturated heterocycles. The summed E-state index contributed by atoms with van der Waals surface area (Å²) in [6.07, 6.45) is -21.8.